The lowest BCUT2D eigenvalue weighted by molar-refractivity contribution is 0.719. The Hall–Kier alpha value is -2.14. The number of nitrogens with two attached hydrogens (primary N) is 1. The van der Waals surface area contributed by atoms with Gasteiger partial charge in [0.15, 0.2) is 0 Å². The van der Waals surface area contributed by atoms with E-state index >= 15 is 0 Å². The SMILES string of the molecule is C=c1[nH]c(=O)nc(NC2C=C(C)C(C)=CC2N)c1=C. The van der Waals surface area contributed by atoms with Gasteiger partial charge in [-0.15, -0.1) is 0 Å². The average molecular weight is 258 g/mol. The number of aromatic amines is 1. The Balaban J connectivity index is 2.36. The lowest BCUT2D eigenvalue weighted by Crippen LogP contribution is -2.44. The summed E-state index contributed by atoms with van der Waals surface area (Å²) in [5.74, 6) is 0.422. The topological polar surface area (TPSA) is 83.8 Å². The lowest BCUT2D eigenvalue weighted by Gasteiger charge is -2.26. The Morgan fingerprint density at radius 3 is 2.63 bits per heavy atom. The van der Waals surface area contributed by atoms with Crippen molar-refractivity contribution in [3.63, 3.8) is 0 Å². The van der Waals surface area contributed by atoms with Crippen LogP contribution in [-0.4, -0.2) is 22.1 Å². The highest BCUT2D eigenvalue weighted by molar-refractivity contribution is 5.45. The van der Waals surface area contributed by atoms with Crippen LogP contribution < -0.4 is 27.3 Å². The molecule has 1 aromatic rings. The highest BCUT2D eigenvalue weighted by Gasteiger charge is 2.19. The quantitative estimate of drug-likeness (QED) is 0.674. The molecule has 19 heavy (non-hydrogen) atoms. The number of hydrogen-bond donors (Lipinski definition) is 3. The zero-order valence-electron chi connectivity index (χ0n) is 11.2. The Kier molecular flexibility index (Phi) is 3.40. The van der Waals surface area contributed by atoms with Gasteiger partial charge in [0.1, 0.15) is 5.82 Å². The van der Waals surface area contributed by atoms with E-state index in [1.807, 2.05) is 26.0 Å². The fourth-order valence-electron chi connectivity index (χ4n) is 2.00. The molecule has 5 nitrogen and oxygen atoms in total. The van der Waals surface area contributed by atoms with Crippen LogP contribution in [0.25, 0.3) is 13.2 Å². The van der Waals surface area contributed by atoms with Gasteiger partial charge in [-0.05, 0) is 13.8 Å². The van der Waals surface area contributed by atoms with Gasteiger partial charge in [-0.1, -0.05) is 36.5 Å². The molecule has 5 heteroatoms. The number of hydrogen-bond acceptors (Lipinski definition) is 4. The van der Waals surface area contributed by atoms with Crippen molar-refractivity contribution in [2.24, 2.45) is 5.73 Å². The van der Waals surface area contributed by atoms with E-state index in [0.717, 1.165) is 11.1 Å². The van der Waals surface area contributed by atoms with Crippen LogP contribution in [0.3, 0.4) is 0 Å². The van der Waals surface area contributed by atoms with Crippen LogP contribution in [-0.2, 0) is 0 Å². The molecule has 100 valence electrons. The Labute approximate surface area is 111 Å². The highest BCUT2D eigenvalue weighted by Crippen LogP contribution is 2.18. The molecule has 0 spiro atoms. The van der Waals surface area contributed by atoms with Crippen molar-refractivity contribution in [2.75, 3.05) is 5.32 Å². The summed E-state index contributed by atoms with van der Waals surface area (Å²) in [7, 11) is 0. The fraction of sp³-hybridized carbons (Fsp3) is 0.286. The van der Waals surface area contributed by atoms with E-state index < -0.39 is 5.69 Å². The van der Waals surface area contributed by atoms with Gasteiger partial charge in [0.05, 0.1) is 6.04 Å². The molecular weight excluding hydrogens is 240 g/mol. The van der Waals surface area contributed by atoms with Gasteiger partial charge < -0.3 is 16.0 Å². The summed E-state index contributed by atoms with van der Waals surface area (Å²) in [6, 6.07) is -0.282. The maximum absolute atomic E-state index is 11.4. The average Bonchev–Trinajstić information content (AvgIpc) is 2.32. The molecule has 2 unspecified atom stereocenters. The van der Waals surface area contributed by atoms with E-state index in [-0.39, 0.29) is 12.1 Å². The molecule has 0 radical (unpaired) electrons. The second kappa shape index (κ2) is 4.85. The Bertz CT molecular complexity index is 714. The minimum atomic E-state index is -0.447. The van der Waals surface area contributed by atoms with E-state index in [2.05, 4.69) is 28.4 Å². The van der Waals surface area contributed by atoms with Crippen LogP contribution in [0, 0.1) is 0 Å². The highest BCUT2D eigenvalue weighted by atomic mass is 16.1. The third-order valence-electron chi connectivity index (χ3n) is 3.33. The van der Waals surface area contributed by atoms with Crippen molar-refractivity contribution in [3.8, 4) is 0 Å². The molecule has 2 atom stereocenters. The maximum atomic E-state index is 11.4. The van der Waals surface area contributed by atoms with E-state index in [1.54, 1.807) is 0 Å². The second-order valence-electron chi connectivity index (χ2n) is 4.79. The second-order valence-corrected chi connectivity index (χ2v) is 4.79. The molecule has 1 heterocycles. The van der Waals surface area contributed by atoms with Crippen LogP contribution >= 0.6 is 0 Å². The first-order chi connectivity index (χ1) is 8.88. The summed E-state index contributed by atoms with van der Waals surface area (Å²) in [5, 5.41) is 4.18. The number of nitrogens with zero attached hydrogens (tertiary/aromatic N) is 1. The van der Waals surface area contributed by atoms with Crippen molar-refractivity contribution in [1.82, 2.24) is 9.97 Å². The largest absolute Gasteiger partial charge is 0.361 e. The van der Waals surface area contributed by atoms with E-state index in [1.165, 1.54) is 0 Å². The van der Waals surface area contributed by atoms with Crippen LogP contribution in [0.15, 0.2) is 28.1 Å². The van der Waals surface area contributed by atoms with Gasteiger partial charge in [-0.25, -0.2) is 4.79 Å². The molecule has 0 saturated heterocycles. The monoisotopic (exact) mass is 258 g/mol. The smallest absolute Gasteiger partial charge is 0.347 e. The van der Waals surface area contributed by atoms with Gasteiger partial charge in [-0.2, -0.15) is 4.98 Å². The zero-order valence-corrected chi connectivity index (χ0v) is 11.2. The molecule has 0 amide bonds. The molecule has 0 bridgehead atoms. The number of H-pyrrole nitrogens is 1. The van der Waals surface area contributed by atoms with Crippen molar-refractivity contribution < 1.29 is 0 Å². The zero-order chi connectivity index (χ0) is 14.2. The number of nitrogens with one attached hydrogen (secondary N) is 2. The van der Waals surface area contributed by atoms with Crippen molar-refractivity contribution in [2.45, 2.75) is 25.9 Å². The first-order valence-electron chi connectivity index (χ1n) is 6.06. The molecule has 0 aromatic carbocycles. The summed E-state index contributed by atoms with van der Waals surface area (Å²) >= 11 is 0. The molecule has 0 fully saturated rings. The minimum Gasteiger partial charge on any atom is -0.361 e. The number of aromatic nitrogens is 2. The first kappa shape index (κ1) is 13.3. The maximum Gasteiger partial charge on any atom is 0.347 e. The molecular formula is C14H18N4O. The molecule has 1 aromatic heterocycles. The minimum absolute atomic E-state index is 0.113. The third kappa shape index (κ3) is 2.66. The van der Waals surface area contributed by atoms with E-state index in [0.29, 0.717) is 16.4 Å². The van der Waals surface area contributed by atoms with Gasteiger partial charge in [0, 0.05) is 16.6 Å². The summed E-state index contributed by atoms with van der Waals surface area (Å²) < 4.78 is 0. The molecule has 0 aliphatic heterocycles. The standard InChI is InChI=1S/C14H18N4O/c1-7-5-11(15)12(6-8(7)2)17-13-9(3)10(4)16-14(19)18-13/h5-6,11-12H,3-4,15H2,1-2H3,(H2,16,17,18,19). The predicted octanol–water partition coefficient (Wildman–Crippen LogP) is -0.395. The third-order valence-corrected chi connectivity index (χ3v) is 3.33. The van der Waals surface area contributed by atoms with Crippen molar-refractivity contribution in [3.05, 3.63) is 44.4 Å². The van der Waals surface area contributed by atoms with Crippen molar-refractivity contribution >= 4 is 19.0 Å². The van der Waals surface area contributed by atoms with Crippen LogP contribution in [0.5, 0.6) is 0 Å². The van der Waals surface area contributed by atoms with Crippen molar-refractivity contribution in [1.29, 1.82) is 0 Å². The van der Waals surface area contributed by atoms with E-state index in [9.17, 15) is 4.79 Å². The number of rotatable bonds is 2. The summed E-state index contributed by atoms with van der Waals surface area (Å²) in [6.07, 6.45) is 4.03. The molecule has 1 aliphatic carbocycles. The lowest BCUT2D eigenvalue weighted by atomic mass is 9.93. The molecule has 4 N–H and O–H groups in total. The van der Waals surface area contributed by atoms with Crippen LogP contribution in [0.2, 0.25) is 0 Å². The summed E-state index contributed by atoms with van der Waals surface area (Å²) in [4.78, 5) is 17.8. The number of allylic oxidation sites excluding steroid dienone is 2. The Morgan fingerprint density at radius 2 is 1.95 bits per heavy atom. The normalized spacial score (nSPS) is 22.7. The fourth-order valence-corrected chi connectivity index (χ4v) is 2.00. The van der Waals surface area contributed by atoms with Gasteiger partial charge >= 0.3 is 5.69 Å². The van der Waals surface area contributed by atoms with Gasteiger partial charge in [0.2, 0.25) is 0 Å². The number of anilines is 1. The van der Waals surface area contributed by atoms with Crippen LogP contribution in [0.1, 0.15) is 13.8 Å². The van der Waals surface area contributed by atoms with Gasteiger partial charge in [-0.3, -0.25) is 0 Å². The Morgan fingerprint density at radius 1 is 1.32 bits per heavy atom. The predicted molar refractivity (Wildman–Crippen MR) is 78.1 cm³/mol. The molecule has 0 saturated carbocycles. The summed E-state index contributed by atoms with van der Waals surface area (Å²) in [5.41, 5.74) is 7.95. The molecule has 2 rings (SSSR count). The molecule has 1 aliphatic rings. The van der Waals surface area contributed by atoms with E-state index in [4.69, 9.17) is 5.73 Å². The van der Waals surface area contributed by atoms with Gasteiger partial charge in [0.25, 0.3) is 0 Å². The first-order valence-corrected chi connectivity index (χ1v) is 6.06. The van der Waals surface area contributed by atoms with Crippen LogP contribution in [0.4, 0.5) is 5.82 Å². The summed E-state index contributed by atoms with van der Waals surface area (Å²) in [6.45, 7) is 11.6.